The molecular formula is C27H48OSSiSn. The van der Waals surface area contributed by atoms with Gasteiger partial charge in [0.15, 0.2) is 0 Å². The summed E-state index contributed by atoms with van der Waals surface area (Å²) in [7, 11) is 0.383. The van der Waals surface area contributed by atoms with Crippen molar-refractivity contribution >= 4 is 56.0 Å². The number of unbranched alkanes of at least 4 members (excludes halogenated alkanes) is 3. The van der Waals surface area contributed by atoms with Crippen molar-refractivity contribution in [2.45, 2.75) is 112 Å². The molecule has 0 atom stereocenters. The normalized spacial score (nSPS) is 13.2. The van der Waals surface area contributed by atoms with Crippen molar-refractivity contribution in [1.29, 1.82) is 0 Å². The number of methoxy groups -OCH3 is 1. The first-order chi connectivity index (χ1) is 14.6. The van der Waals surface area contributed by atoms with E-state index in [2.05, 4.69) is 72.8 Å². The second-order valence-electron chi connectivity index (χ2n) is 11.1. The van der Waals surface area contributed by atoms with E-state index in [0.717, 1.165) is 0 Å². The fraction of sp³-hybridized carbons (Fsp3) is 0.704. The van der Waals surface area contributed by atoms with Gasteiger partial charge in [-0.05, 0) is 0 Å². The number of rotatable bonds is 12. The first kappa shape index (κ1) is 27.2. The van der Waals surface area contributed by atoms with E-state index < -0.39 is 26.5 Å². The van der Waals surface area contributed by atoms with Gasteiger partial charge in [0.2, 0.25) is 0 Å². The van der Waals surface area contributed by atoms with E-state index in [1.807, 2.05) is 18.4 Å². The van der Waals surface area contributed by atoms with Gasteiger partial charge in [0.25, 0.3) is 0 Å². The number of ether oxygens (including phenoxy) is 1. The van der Waals surface area contributed by atoms with Crippen molar-refractivity contribution in [2.24, 2.45) is 0 Å². The summed E-state index contributed by atoms with van der Waals surface area (Å²) >= 11 is -0.508. The molecule has 1 heterocycles. The van der Waals surface area contributed by atoms with Crippen LogP contribution in [0.1, 0.15) is 80.1 Å². The van der Waals surface area contributed by atoms with Crippen LogP contribution in [0.2, 0.25) is 31.4 Å². The molecule has 0 N–H and O–H groups in total. The van der Waals surface area contributed by atoms with Gasteiger partial charge in [-0.15, -0.1) is 0 Å². The van der Waals surface area contributed by atoms with E-state index >= 15 is 0 Å². The molecule has 0 aliphatic rings. The molecule has 0 bridgehead atoms. The van der Waals surface area contributed by atoms with Crippen molar-refractivity contribution in [1.82, 2.24) is 0 Å². The van der Waals surface area contributed by atoms with Gasteiger partial charge in [0.05, 0.1) is 0 Å². The van der Waals surface area contributed by atoms with Crippen molar-refractivity contribution in [3.05, 3.63) is 18.2 Å². The molecule has 0 spiro atoms. The minimum atomic E-state index is -2.55. The second kappa shape index (κ2) is 11.4. The van der Waals surface area contributed by atoms with Gasteiger partial charge in [-0.25, -0.2) is 0 Å². The molecule has 1 nitrogen and oxygen atoms in total. The van der Waals surface area contributed by atoms with Crippen LogP contribution in [0.3, 0.4) is 0 Å². The summed E-state index contributed by atoms with van der Waals surface area (Å²) in [5.41, 5.74) is 0. The van der Waals surface area contributed by atoms with E-state index in [9.17, 15) is 0 Å². The van der Waals surface area contributed by atoms with E-state index in [4.69, 9.17) is 4.74 Å². The summed E-state index contributed by atoms with van der Waals surface area (Å²) in [5, 5.41) is 1.77. The molecule has 0 aliphatic heterocycles. The maximum atomic E-state index is 6.29. The van der Waals surface area contributed by atoms with Gasteiger partial charge < -0.3 is 0 Å². The SMILES string of the molecule is CCC[CH2][Sn]([CH2]CCC)([CH2]CCC)[c]1ccc2sc([Si](C)(C)C(C)(C)C)cc2c1OC. The average molecular weight is 568 g/mol. The van der Waals surface area contributed by atoms with Gasteiger partial charge in [-0.3, -0.25) is 0 Å². The predicted octanol–water partition coefficient (Wildman–Crippen LogP) is 8.68. The van der Waals surface area contributed by atoms with Gasteiger partial charge in [-0.2, -0.15) is 0 Å². The van der Waals surface area contributed by atoms with E-state index in [1.54, 1.807) is 8.08 Å². The zero-order chi connectivity index (χ0) is 23.3. The third-order valence-electron chi connectivity index (χ3n) is 7.94. The molecule has 0 unspecified atom stereocenters. The van der Waals surface area contributed by atoms with Gasteiger partial charge in [0.1, 0.15) is 0 Å². The molecule has 31 heavy (non-hydrogen) atoms. The van der Waals surface area contributed by atoms with Crippen LogP contribution in [-0.2, 0) is 0 Å². The molecule has 1 aromatic heterocycles. The third kappa shape index (κ3) is 5.92. The predicted molar refractivity (Wildman–Crippen MR) is 150 cm³/mol. The van der Waals surface area contributed by atoms with Crippen molar-refractivity contribution in [3.8, 4) is 5.75 Å². The monoisotopic (exact) mass is 568 g/mol. The quantitative estimate of drug-likeness (QED) is 0.233. The average Bonchev–Trinajstić information content (AvgIpc) is 3.17. The maximum absolute atomic E-state index is 6.29. The molecule has 2 aromatic rings. The molecule has 0 saturated carbocycles. The summed E-state index contributed by atoms with van der Waals surface area (Å²) in [6, 6.07) is 7.53. The molecule has 0 saturated heterocycles. The van der Waals surface area contributed by atoms with Gasteiger partial charge >= 0.3 is 203 Å². The fourth-order valence-corrected chi connectivity index (χ4v) is 25.6. The Morgan fingerprint density at radius 3 is 1.84 bits per heavy atom. The van der Waals surface area contributed by atoms with Crippen LogP contribution in [0.25, 0.3) is 10.1 Å². The Morgan fingerprint density at radius 2 is 1.42 bits per heavy atom. The number of fused-ring (bicyclic) bond motifs is 1. The number of thiophene rings is 1. The van der Waals surface area contributed by atoms with E-state index in [0.29, 0.717) is 5.04 Å². The molecule has 0 radical (unpaired) electrons. The molecule has 4 heteroatoms. The van der Waals surface area contributed by atoms with Crippen molar-refractivity contribution in [3.63, 3.8) is 0 Å². The summed E-state index contributed by atoms with van der Waals surface area (Å²) in [4.78, 5) is 0. The zero-order valence-corrected chi connectivity index (χ0v) is 26.6. The number of benzene rings is 1. The van der Waals surface area contributed by atoms with Crippen LogP contribution in [0.5, 0.6) is 5.75 Å². The number of hydrogen-bond donors (Lipinski definition) is 0. The van der Waals surface area contributed by atoms with Gasteiger partial charge in [0, 0.05) is 0 Å². The standard InChI is InChI=1S/C15H21OSSi.3C4H9.Sn/c1-15(2,3)18(5,6)14-10-11-12(16-4)8-7-9-13(11)17-14;3*1-3-4-2;/h7,9-10H,1-6H3;3*1,3-4H2,2H3;. The van der Waals surface area contributed by atoms with Crippen LogP contribution >= 0.6 is 11.3 Å². The minimum absolute atomic E-state index is 0.357. The van der Waals surface area contributed by atoms with E-state index in [-0.39, 0.29) is 0 Å². The Labute approximate surface area is 202 Å². The molecule has 0 amide bonds. The fourth-order valence-electron chi connectivity index (χ4n) is 4.73. The summed E-state index contributed by atoms with van der Waals surface area (Å²) in [6.45, 7) is 19.4. The van der Waals surface area contributed by atoms with Gasteiger partial charge in [-0.1, -0.05) is 0 Å². The molecule has 2 rings (SSSR count). The van der Waals surface area contributed by atoms with E-state index in [1.165, 1.54) is 67.7 Å². The Morgan fingerprint density at radius 1 is 0.903 bits per heavy atom. The van der Waals surface area contributed by atoms with Crippen LogP contribution < -0.4 is 12.8 Å². The molecule has 0 fully saturated rings. The Balaban J connectivity index is 2.69. The molecule has 1 aromatic carbocycles. The Hall–Kier alpha value is -0.00442. The van der Waals surface area contributed by atoms with Crippen LogP contribution in [0, 0.1) is 0 Å². The first-order valence-corrected chi connectivity index (χ1v) is 24.0. The summed E-state index contributed by atoms with van der Waals surface area (Å²) < 4.78 is 15.5. The molecular weight excluding hydrogens is 519 g/mol. The summed E-state index contributed by atoms with van der Waals surface area (Å²) in [5.74, 6) is 1.26. The van der Waals surface area contributed by atoms with Crippen LogP contribution in [0.4, 0.5) is 0 Å². The van der Waals surface area contributed by atoms with Crippen LogP contribution in [-0.4, -0.2) is 33.6 Å². The topological polar surface area (TPSA) is 9.23 Å². The zero-order valence-electron chi connectivity index (χ0n) is 21.9. The Bertz CT molecular complexity index is 812. The van der Waals surface area contributed by atoms with Crippen molar-refractivity contribution in [2.75, 3.05) is 7.11 Å². The third-order valence-corrected chi connectivity index (χ3v) is 31.4. The Kier molecular flexibility index (Phi) is 10.0. The molecule has 176 valence electrons. The van der Waals surface area contributed by atoms with Crippen molar-refractivity contribution < 1.29 is 4.74 Å². The summed E-state index contributed by atoms with van der Waals surface area (Å²) in [6.07, 6.45) is 8.12. The first-order valence-electron chi connectivity index (χ1n) is 12.7. The second-order valence-corrected chi connectivity index (χ2v) is 31.0. The molecule has 0 aliphatic carbocycles. The number of hydrogen-bond acceptors (Lipinski definition) is 2. The van der Waals surface area contributed by atoms with Crippen LogP contribution in [0.15, 0.2) is 18.2 Å².